The maximum absolute atomic E-state index is 12.7. The maximum atomic E-state index is 12.7. The van der Waals surface area contributed by atoms with Crippen LogP contribution in [-0.4, -0.2) is 36.2 Å². The summed E-state index contributed by atoms with van der Waals surface area (Å²) in [4.78, 5) is 2.45. The minimum absolute atomic E-state index is 0.480. The van der Waals surface area contributed by atoms with E-state index in [4.69, 9.17) is 0 Å². The lowest BCUT2D eigenvalue weighted by Gasteiger charge is -2.37. The van der Waals surface area contributed by atoms with E-state index in [-0.39, 0.29) is 0 Å². The molecule has 0 bridgehead atoms. The highest BCUT2D eigenvalue weighted by molar-refractivity contribution is 5.17. The van der Waals surface area contributed by atoms with Crippen LogP contribution < -0.4 is 0 Å². The summed E-state index contributed by atoms with van der Waals surface area (Å²) in [5.74, 6) is 0.480. The maximum Gasteiger partial charge on any atom is 0.0369 e. The smallest absolute Gasteiger partial charge is 0.0369 e. The van der Waals surface area contributed by atoms with Gasteiger partial charge >= 0.3 is 0 Å². The first-order valence-corrected chi connectivity index (χ1v) is 6.67. The molecule has 0 N–H and O–H groups in total. The Balaban J connectivity index is 1.53. The van der Waals surface area contributed by atoms with Crippen molar-refractivity contribution >= 4 is 0 Å². The molecule has 0 atom stereocenters. The summed E-state index contributed by atoms with van der Waals surface area (Å²) in [7, 11) is 0. The lowest BCUT2D eigenvalue weighted by atomic mass is 9.89. The molecule has 0 unspecified atom stereocenters. The average Bonchev–Trinajstić information content (AvgIpc) is 2.38. The summed E-state index contributed by atoms with van der Waals surface area (Å²) >= 11 is 0. The van der Waals surface area contributed by atoms with E-state index in [1.807, 2.05) is 0 Å². The first-order chi connectivity index (χ1) is 8.81. The molecule has 1 fully saturated rings. The van der Waals surface area contributed by atoms with E-state index >= 15 is 0 Å². The van der Waals surface area contributed by atoms with Crippen molar-refractivity contribution in [2.24, 2.45) is 5.92 Å². The summed E-state index contributed by atoms with van der Waals surface area (Å²) in [6.45, 7) is 4.33. The van der Waals surface area contributed by atoms with Gasteiger partial charge in [-0.05, 0) is 12.0 Å². The minimum atomic E-state index is 0.480. The standard InChI is InChI=1S/C15H19FN2/c16-18-11-15(12-18)14-6-8-17(9-7-14)10-13-4-2-1-3-5-13/h1-6,15H,7-12H2. The van der Waals surface area contributed by atoms with Crippen LogP contribution in [0.5, 0.6) is 0 Å². The third-order valence-corrected chi connectivity index (χ3v) is 3.94. The van der Waals surface area contributed by atoms with Gasteiger partial charge in [-0.1, -0.05) is 42.0 Å². The lowest BCUT2D eigenvalue weighted by molar-refractivity contribution is -0.0669. The first kappa shape index (κ1) is 11.9. The molecule has 0 aliphatic carbocycles. The van der Waals surface area contributed by atoms with Gasteiger partial charge in [0.15, 0.2) is 0 Å². The first-order valence-electron chi connectivity index (χ1n) is 6.67. The Morgan fingerprint density at radius 2 is 1.94 bits per heavy atom. The van der Waals surface area contributed by atoms with Gasteiger partial charge in [-0.3, -0.25) is 4.90 Å². The van der Waals surface area contributed by atoms with Gasteiger partial charge in [0, 0.05) is 38.6 Å². The SMILES string of the molecule is FN1CC(C2=CCN(Cc3ccccc3)CC2)C1. The van der Waals surface area contributed by atoms with Crippen LogP contribution in [0.2, 0.25) is 0 Å². The van der Waals surface area contributed by atoms with Crippen LogP contribution in [0.15, 0.2) is 42.0 Å². The molecule has 3 heteroatoms. The third-order valence-electron chi connectivity index (χ3n) is 3.94. The highest BCUT2D eigenvalue weighted by atomic mass is 19.2. The van der Waals surface area contributed by atoms with Crippen LogP contribution in [0.3, 0.4) is 0 Å². The van der Waals surface area contributed by atoms with Crippen LogP contribution in [0, 0.1) is 5.92 Å². The molecule has 1 saturated heterocycles. The minimum Gasteiger partial charge on any atom is -0.295 e. The van der Waals surface area contributed by atoms with Gasteiger partial charge in [0.1, 0.15) is 0 Å². The topological polar surface area (TPSA) is 6.48 Å². The number of benzene rings is 1. The van der Waals surface area contributed by atoms with E-state index in [2.05, 4.69) is 41.3 Å². The zero-order valence-corrected chi connectivity index (χ0v) is 10.6. The van der Waals surface area contributed by atoms with E-state index in [9.17, 15) is 4.48 Å². The third kappa shape index (κ3) is 2.62. The molecule has 2 nitrogen and oxygen atoms in total. The summed E-state index contributed by atoms with van der Waals surface area (Å²) in [5, 5.41) is 0.905. The second kappa shape index (κ2) is 5.21. The van der Waals surface area contributed by atoms with Gasteiger partial charge in [-0.2, -0.15) is 0 Å². The van der Waals surface area contributed by atoms with Crippen LogP contribution >= 0.6 is 0 Å². The predicted molar refractivity (Wildman–Crippen MR) is 70.6 cm³/mol. The Morgan fingerprint density at radius 3 is 2.56 bits per heavy atom. The van der Waals surface area contributed by atoms with E-state index in [1.54, 1.807) is 0 Å². The number of nitrogens with zero attached hydrogens (tertiary/aromatic N) is 2. The van der Waals surface area contributed by atoms with Crippen molar-refractivity contribution in [1.29, 1.82) is 0 Å². The second-order valence-corrected chi connectivity index (χ2v) is 5.27. The predicted octanol–water partition coefficient (Wildman–Crippen LogP) is 2.64. The number of hydrogen-bond donors (Lipinski definition) is 0. The van der Waals surface area contributed by atoms with Gasteiger partial charge in [-0.25, -0.2) is 0 Å². The highest BCUT2D eigenvalue weighted by Gasteiger charge is 2.30. The molecule has 18 heavy (non-hydrogen) atoms. The summed E-state index contributed by atoms with van der Waals surface area (Å²) in [6.07, 6.45) is 3.41. The molecular weight excluding hydrogens is 227 g/mol. The molecule has 0 spiro atoms. The van der Waals surface area contributed by atoms with Crippen molar-refractivity contribution in [3.05, 3.63) is 47.5 Å². The normalized spacial score (nSPS) is 22.6. The van der Waals surface area contributed by atoms with E-state index < -0.39 is 0 Å². The van der Waals surface area contributed by atoms with Crippen molar-refractivity contribution < 1.29 is 4.48 Å². The fourth-order valence-electron chi connectivity index (χ4n) is 2.74. The fraction of sp³-hybridized carbons (Fsp3) is 0.467. The highest BCUT2D eigenvalue weighted by Crippen LogP contribution is 2.28. The molecule has 0 saturated carbocycles. The quantitative estimate of drug-likeness (QED) is 0.597. The zero-order valence-electron chi connectivity index (χ0n) is 10.6. The van der Waals surface area contributed by atoms with Gasteiger partial charge < -0.3 is 0 Å². The monoisotopic (exact) mass is 246 g/mol. The second-order valence-electron chi connectivity index (χ2n) is 5.27. The molecule has 0 amide bonds. The van der Waals surface area contributed by atoms with Crippen LogP contribution in [0.4, 0.5) is 4.48 Å². The van der Waals surface area contributed by atoms with E-state index in [0.717, 1.165) is 31.2 Å². The fourth-order valence-corrected chi connectivity index (χ4v) is 2.74. The van der Waals surface area contributed by atoms with Crippen molar-refractivity contribution in [2.75, 3.05) is 26.2 Å². The molecule has 2 heterocycles. The van der Waals surface area contributed by atoms with Crippen molar-refractivity contribution in [2.45, 2.75) is 13.0 Å². The van der Waals surface area contributed by atoms with Gasteiger partial charge in [0.25, 0.3) is 0 Å². The molecule has 2 aliphatic rings. The Hall–Kier alpha value is -1.19. The van der Waals surface area contributed by atoms with Gasteiger partial charge in [-0.15, -0.1) is 9.60 Å². The average molecular weight is 246 g/mol. The largest absolute Gasteiger partial charge is 0.295 e. The lowest BCUT2D eigenvalue weighted by Crippen LogP contribution is -2.43. The molecule has 96 valence electrons. The molecule has 3 rings (SSSR count). The van der Waals surface area contributed by atoms with Crippen molar-refractivity contribution in [1.82, 2.24) is 10.0 Å². The summed E-state index contributed by atoms with van der Waals surface area (Å²) in [6, 6.07) is 10.6. The number of rotatable bonds is 3. The van der Waals surface area contributed by atoms with Crippen LogP contribution in [-0.2, 0) is 6.54 Å². The van der Waals surface area contributed by atoms with E-state index in [0.29, 0.717) is 19.0 Å². The molecule has 0 radical (unpaired) electrons. The summed E-state index contributed by atoms with van der Waals surface area (Å²) in [5.41, 5.74) is 2.83. The van der Waals surface area contributed by atoms with E-state index in [1.165, 1.54) is 11.1 Å². The Morgan fingerprint density at radius 1 is 1.17 bits per heavy atom. The van der Waals surface area contributed by atoms with Gasteiger partial charge in [0.05, 0.1) is 0 Å². The molecule has 2 aliphatic heterocycles. The Kier molecular flexibility index (Phi) is 3.43. The number of halogens is 1. The molecular formula is C15H19FN2. The van der Waals surface area contributed by atoms with Gasteiger partial charge in [0.2, 0.25) is 0 Å². The molecule has 1 aromatic carbocycles. The van der Waals surface area contributed by atoms with Crippen molar-refractivity contribution in [3.63, 3.8) is 0 Å². The molecule has 1 aromatic rings. The summed E-state index contributed by atoms with van der Waals surface area (Å²) < 4.78 is 12.7. The molecule has 0 aromatic heterocycles. The zero-order chi connectivity index (χ0) is 12.4. The van der Waals surface area contributed by atoms with Crippen LogP contribution in [0.25, 0.3) is 0 Å². The Labute approximate surface area is 108 Å². The van der Waals surface area contributed by atoms with Crippen LogP contribution in [0.1, 0.15) is 12.0 Å². The Bertz CT molecular complexity index is 423. The number of hydrogen-bond acceptors (Lipinski definition) is 2. The van der Waals surface area contributed by atoms with Crippen molar-refractivity contribution in [3.8, 4) is 0 Å².